The lowest BCUT2D eigenvalue weighted by Gasteiger charge is -2.19. The molecular formula is C65H106NO8P. The largest absolute Gasteiger partial charge is 0.472 e. The minimum atomic E-state index is -4.41. The third kappa shape index (κ3) is 59.0. The van der Waals surface area contributed by atoms with Crippen molar-refractivity contribution in [1.29, 1.82) is 0 Å². The lowest BCUT2D eigenvalue weighted by atomic mass is 10.0. The lowest BCUT2D eigenvalue weighted by Crippen LogP contribution is -2.29. The summed E-state index contributed by atoms with van der Waals surface area (Å²) in [6, 6.07) is 0. The predicted molar refractivity (Wildman–Crippen MR) is 320 cm³/mol. The summed E-state index contributed by atoms with van der Waals surface area (Å²) in [7, 11) is -4.41. The Balaban J connectivity index is 4.01. The molecule has 0 aromatic heterocycles. The molecule has 2 atom stereocenters. The fourth-order valence-corrected chi connectivity index (χ4v) is 8.23. The molecule has 0 aromatic rings. The minimum Gasteiger partial charge on any atom is -0.462 e. The summed E-state index contributed by atoms with van der Waals surface area (Å²) in [6.45, 7) is 3.46. The summed E-state index contributed by atoms with van der Waals surface area (Å²) in [5.41, 5.74) is 5.38. The molecule has 10 heteroatoms. The second-order valence-corrected chi connectivity index (χ2v) is 20.2. The van der Waals surface area contributed by atoms with Crippen LogP contribution in [0.4, 0.5) is 0 Å². The molecule has 0 rings (SSSR count). The van der Waals surface area contributed by atoms with E-state index >= 15 is 0 Å². The van der Waals surface area contributed by atoms with Gasteiger partial charge in [-0.15, -0.1) is 0 Å². The van der Waals surface area contributed by atoms with E-state index in [1.165, 1.54) is 64.2 Å². The molecule has 0 fully saturated rings. The maximum absolute atomic E-state index is 12.7. The standard InChI is InChI=1S/C65H106NO8P/c1-3-5-7-9-11-13-15-17-19-21-23-24-25-26-27-28-29-30-31-32-33-34-35-36-37-38-40-42-44-46-48-50-52-54-56-58-65(68)74-63(62-73-75(69,70)72-60-59-66)61-71-64(67)57-55-53-51-49-47-45-43-41-39-22-20-18-16-14-12-10-8-6-4-2/h5-8,11-14,17-20,23-24,26-27,29-30,32-33,39,41,45,47,63H,3-4,9-10,15-16,21-22,25,28,31,34-38,40,42-44,46,48-62,66H2,1-2H3,(H,69,70)/b7-5-,8-6-,13-11-,14-12-,19-17-,20-18-,24-23-,27-26-,30-29-,33-32-,41-39-,47-45-. The Labute approximate surface area is 458 Å². The molecule has 75 heavy (non-hydrogen) atoms. The van der Waals surface area contributed by atoms with Gasteiger partial charge in [0.2, 0.25) is 0 Å². The van der Waals surface area contributed by atoms with Gasteiger partial charge in [-0.25, -0.2) is 4.57 Å². The van der Waals surface area contributed by atoms with Crippen LogP contribution in [0.25, 0.3) is 0 Å². The van der Waals surface area contributed by atoms with Crippen LogP contribution in [0.15, 0.2) is 146 Å². The first-order valence-corrected chi connectivity index (χ1v) is 30.8. The zero-order valence-corrected chi connectivity index (χ0v) is 48.1. The van der Waals surface area contributed by atoms with E-state index in [0.717, 1.165) is 116 Å². The molecular weight excluding hydrogens is 954 g/mol. The van der Waals surface area contributed by atoms with Crippen molar-refractivity contribution in [3.63, 3.8) is 0 Å². The Morgan fingerprint density at radius 2 is 0.693 bits per heavy atom. The number of carbonyl (C=O) groups excluding carboxylic acids is 2. The van der Waals surface area contributed by atoms with E-state index in [0.29, 0.717) is 12.8 Å². The average molecular weight is 1060 g/mol. The number of allylic oxidation sites excluding steroid dienone is 24. The SMILES string of the molecule is CC/C=C\C/C=C\C/C=C\C/C=C\C/C=C\C/C=C\C/C=C\CCCCCCCCCCCCCCCC(=O)OC(COC(=O)CCCCC/C=C\C/C=C\C/C=C\C/C=C\C/C=C\CC)COP(=O)(O)OCCN. The third-order valence-corrected chi connectivity index (χ3v) is 12.7. The van der Waals surface area contributed by atoms with Crippen molar-refractivity contribution in [2.45, 2.75) is 225 Å². The van der Waals surface area contributed by atoms with Gasteiger partial charge in [-0.3, -0.25) is 18.6 Å². The molecule has 0 saturated carbocycles. The van der Waals surface area contributed by atoms with Crippen molar-refractivity contribution in [1.82, 2.24) is 0 Å². The molecule has 0 aromatic carbocycles. The van der Waals surface area contributed by atoms with Crippen molar-refractivity contribution in [2.75, 3.05) is 26.4 Å². The zero-order chi connectivity index (χ0) is 54.5. The molecule has 0 saturated heterocycles. The summed E-state index contributed by atoms with van der Waals surface area (Å²) in [6.07, 6.45) is 84.8. The van der Waals surface area contributed by atoms with E-state index < -0.39 is 32.5 Å². The molecule has 0 amide bonds. The van der Waals surface area contributed by atoms with Gasteiger partial charge < -0.3 is 20.1 Å². The van der Waals surface area contributed by atoms with E-state index in [-0.39, 0.29) is 32.6 Å². The second-order valence-electron chi connectivity index (χ2n) is 18.7. The van der Waals surface area contributed by atoms with E-state index in [4.69, 9.17) is 24.3 Å². The highest BCUT2D eigenvalue weighted by molar-refractivity contribution is 7.47. The van der Waals surface area contributed by atoms with Crippen LogP contribution in [-0.2, 0) is 32.7 Å². The van der Waals surface area contributed by atoms with Gasteiger partial charge in [0.15, 0.2) is 6.10 Å². The zero-order valence-electron chi connectivity index (χ0n) is 47.2. The van der Waals surface area contributed by atoms with Gasteiger partial charge in [0.1, 0.15) is 6.61 Å². The van der Waals surface area contributed by atoms with E-state index in [1.807, 2.05) is 0 Å². The maximum atomic E-state index is 12.7. The molecule has 0 radical (unpaired) electrons. The van der Waals surface area contributed by atoms with Gasteiger partial charge in [0.25, 0.3) is 0 Å². The maximum Gasteiger partial charge on any atom is 0.472 e. The highest BCUT2D eigenvalue weighted by Gasteiger charge is 2.26. The van der Waals surface area contributed by atoms with Crippen molar-refractivity contribution >= 4 is 19.8 Å². The fraction of sp³-hybridized carbons (Fsp3) is 0.600. The van der Waals surface area contributed by atoms with Crippen molar-refractivity contribution < 1.29 is 37.6 Å². The van der Waals surface area contributed by atoms with E-state index in [1.54, 1.807) is 0 Å². The Hall–Kier alpha value is -4.11. The summed E-state index contributed by atoms with van der Waals surface area (Å²) in [4.78, 5) is 35.2. The van der Waals surface area contributed by atoms with E-state index in [2.05, 4.69) is 160 Å². The van der Waals surface area contributed by atoms with Gasteiger partial charge >= 0.3 is 19.8 Å². The van der Waals surface area contributed by atoms with Crippen molar-refractivity contribution in [3.05, 3.63) is 146 Å². The van der Waals surface area contributed by atoms with Crippen LogP contribution in [-0.4, -0.2) is 49.3 Å². The summed E-state index contributed by atoms with van der Waals surface area (Å²) >= 11 is 0. The first kappa shape index (κ1) is 70.9. The highest BCUT2D eigenvalue weighted by atomic mass is 31.2. The van der Waals surface area contributed by atoms with Crippen LogP contribution in [0.2, 0.25) is 0 Å². The second kappa shape index (κ2) is 59.1. The van der Waals surface area contributed by atoms with Crippen LogP contribution >= 0.6 is 7.82 Å². The first-order chi connectivity index (χ1) is 36.8. The number of rotatable bonds is 53. The summed E-state index contributed by atoms with van der Waals surface area (Å²) in [5.74, 6) is -0.876. The lowest BCUT2D eigenvalue weighted by molar-refractivity contribution is -0.161. The highest BCUT2D eigenvalue weighted by Crippen LogP contribution is 2.43. The van der Waals surface area contributed by atoms with Gasteiger partial charge in [0, 0.05) is 19.4 Å². The number of carbonyl (C=O) groups is 2. The first-order valence-electron chi connectivity index (χ1n) is 29.3. The number of hydrogen-bond acceptors (Lipinski definition) is 8. The quantitative estimate of drug-likeness (QED) is 0.0264. The predicted octanol–water partition coefficient (Wildman–Crippen LogP) is 18.7. The van der Waals surface area contributed by atoms with Gasteiger partial charge in [0.05, 0.1) is 13.2 Å². The molecule has 424 valence electrons. The molecule has 3 N–H and O–H groups in total. The monoisotopic (exact) mass is 1060 g/mol. The van der Waals surface area contributed by atoms with Gasteiger partial charge in [-0.05, 0) is 116 Å². The number of unbranched alkanes of at least 4 members (excludes halogenated alkanes) is 16. The van der Waals surface area contributed by atoms with Crippen LogP contribution in [0.3, 0.4) is 0 Å². The molecule has 0 aliphatic carbocycles. The van der Waals surface area contributed by atoms with Crippen LogP contribution < -0.4 is 5.73 Å². The van der Waals surface area contributed by atoms with Crippen LogP contribution in [0, 0.1) is 0 Å². The minimum absolute atomic E-state index is 0.0412. The number of hydrogen-bond donors (Lipinski definition) is 2. The molecule has 0 bridgehead atoms. The van der Waals surface area contributed by atoms with Gasteiger partial charge in [-0.2, -0.15) is 0 Å². The number of phosphoric acid groups is 1. The Morgan fingerprint density at radius 3 is 1.04 bits per heavy atom. The Kier molecular flexibility index (Phi) is 55.9. The van der Waals surface area contributed by atoms with Crippen molar-refractivity contribution in [2.24, 2.45) is 5.73 Å². The normalized spacial score (nSPS) is 14.1. The third-order valence-electron chi connectivity index (χ3n) is 11.7. The number of phosphoric ester groups is 1. The molecule has 0 aliphatic heterocycles. The van der Waals surface area contributed by atoms with Crippen LogP contribution in [0.5, 0.6) is 0 Å². The number of nitrogens with two attached hydrogens (primary N) is 1. The summed E-state index contributed by atoms with van der Waals surface area (Å²) in [5, 5.41) is 0. The molecule has 2 unspecified atom stereocenters. The molecule has 0 spiro atoms. The smallest absolute Gasteiger partial charge is 0.462 e. The van der Waals surface area contributed by atoms with Gasteiger partial charge in [-0.1, -0.05) is 237 Å². The van der Waals surface area contributed by atoms with Crippen molar-refractivity contribution in [3.8, 4) is 0 Å². The number of esters is 2. The Bertz CT molecular complexity index is 1730. The number of ether oxygens (including phenoxy) is 2. The van der Waals surface area contributed by atoms with E-state index in [9.17, 15) is 19.0 Å². The average Bonchev–Trinajstić information content (AvgIpc) is 3.40. The fourth-order valence-electron chi connectivity index (χ4n) is 7.47. The van der Waals surface area contributed by atoms with Crippen LogP contribution in [0.1, 0.15) is 219 Å². The Morgan fingerprint density at radius 1 is 0.400 bits per heavy atom. The molecule has 0 aliphatic rings. The topological polar surface area (TPSA) is 134 Å². The summed E-state index contributed by atoms with van der Waals surface area (Å²) < 4.78 is 33.0. The molecule has 9 nitrogen and oxygen atoms in total. The molecule has 0 heterocycles.